The van der Waals surface area contributed by atoms with Gasteiger partial charge in [-0.15, -0.1) is 11.3 Å². The Morgan fingerprint density at radius 2 is 2.05 bits per heavy atom. The van der Waals surface area contributed by atoms with Gasteiger partial charge in [-0.3, -0.25) is 0 Å². The maximum atomic E-state index is 6.07. The first-order valence-electron chi connectivity index (χ1n) is 7.87. The number of likely N-dealkylation sites (N-methyl/N-ethyl adjacent to an activating group) is 1. The zero-order valence-corrected chi connectivity index (χ0v) is 14.0. The third-order valence-electron chi connectivity index (χ3n) is 5.22. The van der Waals surface area contributed by atoms with Crippen molar-refractivity contribution in [1.29, 1.82) is 0 Å². The molecule has 0 aromatic carbocycles. The van der Waals surface area contributed by atoms with Gasteiger partial charge in [0.25, 0.3) is 0 Å². The van der Waals surface area contributed by atoms with Crippen molar-refractivity contribution in [3.8, 4) is 0 Å². The summed E-state index contributed by atoms with van der Waals surface area (Å²) in [5.74, 6) is 0.824. The van der Waals surface area contributed by atoms with Crippen molar-refractivity contribution in [2.75, 3.05) is 13.6 Å². The monoisotopic (exact) mass is 312 g/mol. The van der Waals surface area contributed by atoms with Gasteiger partial charge in [0.2, 0.25) is 0 Å². The Labute approximate surface area is 131 Å². The number of halogens is 1. The van der Waals surface area contributed by atoms with Crippen molar-refractivity contribution in [2.24, 2.45) is 5.92 Å². The first-order chi connectivity index (χ1) is 9.67. The number of nitrogens with one attached hydrogen (secondary N) is 1. The zero-order valence-electron chi connectivity index (χ0n) is 12.4. The summed E-state index contributed by atoms with van der Waals surface area (Å²) in [5.41, 5.74) is 0. The van der Waals surface area contributed by atoms with Gasteiger partial charge in [0.05, 0.1) is 4.34 Å². The van der Waals surface area contributed by atoms with Gasteiger partial charge in [-0.25, -0.2) is 0 Å². The zero-order chi connectivity index (χ0) is 14.1. The topological polar surface area (TPSA) is 15.3 Å². The molecule has 1 aromatic heterocycles. The molecule has 2 nitrogen and oxygen atoms in total. The second kappa shape index (κ2) is 6.35. The van der Waals surface area contributed by atoms with Crippen LogP contribution in [0.15, 0.2) is 12.1 Å². The van der Waals surface area contributed by atoms with Gasteiger partial charge in [-0.2, -0.15) is 0 Å². The van der Waals surface area contributed by atoms with Crippen LogP contribution in [0.2, 0.25) is 4.34 Å². The average Bonchev–Trinajstić information content (AvgIpc) is 2.89. The van der Waals surface area contributed by atoms with E-state index in [2.05, 4.69) is 30.3 Å². The van der Waals surface area contributed by atoms with E-state index in [-0.39, 0.29) is 0 Å². The summed E-state index contributed by atoms with van der Waals surface area (Å²) in [5, 5.41) is 3.74. The van der Waals surface area contributed by atoms with E-state index in [9.17, 15) is 0 Å². The van der Waals surface area contributed by atoms with E-state index in [4.69, 9.17) is 11.6 Å². The van der Waals surface area contributed by atoms with E-state index in [1.807, 2.05) is 6.07 Å². The molecule has 0 aliphatic carbocycles. The van der Waals surface area contributed by atoms with Gasteiger partial charge in [0, 0.05) is 23.0 Å². The quantitative estimate of drug-likeness (QED) is 0.890. The van der Waals surface area contributed by atoms with Crippen LogP contribution in [0.1, 0.15) is 37.5 Å². The fraction of sp³-hybridized carbons (Fsp3) is 0.750. The Kier molecular flexibility index (Phi) is 4.71. The fourth-order valence-electron chi connectivity index (χ4n) is 4.13. The molecule has 3 atom stereocenters. The Hall–Kier alpha value is -0.0900. The standard InChI is InChI=1S/C16H25ClN2S/c1-3-18-15(10-14-6-7-16(17)20-14)11-8-12-4-5-13(9-11)19(12)2/h6-7,11-13,15,18H,3-5,8-10H2,1-2H3. The van der Waals surface area contributed by atoms with Crippen molar-refractivity contribution >= 4 is 22.9 Å². The molecule has 0 radical (unpaired) electrons. The van der Waals surface area contributed by atoms with Crippen molar-refractivity contribution < 1.29 is 0 Å². The van der Waals surface area contributed by atoms with Crippen molar-refractivity contribution in [3.05, 3.63) is 21.3 Å². The molecule has 3 heterocycles. The molecule has 112 valence electrons. The summed E-state index contributed by atoms with van der Waals surface area (Å²) in [6.07, 6.45) is 6.68. The van der Waals surface area contributed by atoms with Crippen LogP contribution in [0, 0.1) is 5.92 Å². The Morgan fingerprint density at radius 3 is 2.60 bits per heavy atom. The second-order valence-electron chi connectivity index (χ2n) is 6.36. The predicted molar refractivity (Wildman–Crippen MR) is 87.8 cm³/mol. The molecular formula is C16H25ClN2S. The normalized spacial score (nSPS) is 31.6. The van der Waals surface area contributed by atoms with Crippen LogP contribution in [0.5, 0.6) is 0 Å². The first-order valence-corrected chi connectivity index (χ1v) is 9.06. The Balaban J connectivity index is 1.67. The molecule has 2 aliphatic rings. The summed E-state index contributed by atoms with van der Waals surface area (Å²) in [6.45, 7) is 3.28. The molecule has 0 amide bonds. The summed E-state index contributed by atoms with van der Waals surface area (Å²) in [6, 6.07) is 6.49. The maximum Gasteiger partial charge on any atom is 0.0931 e. The van der Waals surface area contributed by atoms with Gasteiger partial charge < -0.3 is 10.2 Å². The van der Waals surface area contributed by atoms with Crippen molar-refractivity contribution in [3.63, 3.8) is 0 Å². The highest BCUT2D eigenvalue weighted by molar-refractivity contribution is 7.16. The minimum atomic E-state index is 0.617. The number of nitrogens with zero attached hydrogens (tertiary/aromatic N) is 1. The number of thiophene rings is 1. The van der Waals surface area contributed by atoms with Gasteiger partial charge >= 0.3 is 0 Å². The molecule has 3 rings (SSSR count). The van der Waals surface area contributed by atoms with Crippen LogP contribution in [-0.2, 0) is 6.42 Å². The molecule has 20 heavy (non-hydrogen) atoms. The van der Waals surface area contributed by atoms with E-state index < -0.39 is 0 Å². The van der Waals surface area contributed by atoms with E-state index >= 15 is 0 Å². The van der Waals surface area contributed by atoms with Crippen LogP contribution in [0.4, 0.5) is 0 Å². The predicted octanol–water partition coefficient (Wildman–Crippen LogP) is 3.79. The highest BCUT2D eigenvalue weighted by Crippen LogP contribution is 2.39. The van der Waals surface area contributed by atoms with Crippen LogP contribution < -0.4 is 5.32 Å². The molecule has 2 saturated heterocycles. The lowest BCUT2D eigenvalue weighted by Gasteiger charge is -2.40. The molecule has 2 aliphatic heterocycles. The smallest absolute Gasteiger partial charge is 0.0931 e. The number of rotatable bonds is 5. The molecule has 0 saturated carbocycles. The fourth-order valence-corrected chi connectivity index (χ4v) is 5.27. The van der Waals surface area contributed by atoms with Crippen LogP contribution in [0.3, 0.4) is 0 Å². The molecule has 0 spiro atoms. The summed E-state index contributed by atoms with van der Waals surface area (Å²) in [4.78, 5) is 4.05. The van der Waals surface area contributed by atoms with E-state index in [1.54, 1.807) is 11.3 Å². The molecule has 2 fully saturated rings. The number of piperidine rings is 1. The Morgan fingerprint density at radius 1 is 1.35 bits per heavy atom. The van der Waals surface area contributed by atoms with Crippen LogP contribution >= 0.6 is 22.9 Å². The highest BCUT2D eigenvalue weighted by Gasteiger charge is 2.40. The number of fused-ring (bicyclic) bond motifs is 2. The molecule has 3 unspecified atom stereocenters. The largest absolute Gasteiger partial charge is 0.314 e. The minimum absolute atomic E-state index is 0.617. The lowest BCUT2D eigenvalue weighted by molar-refractivity contribution is 0.113. The van der Waals surface area contributed by atoms with E-state index in [0.717, 1.165) is 35.3 Å². The van der Waals surface area contributed by atoms with Crippen molar-refractivity contribution in [2.45, 2.75) is 57.2 Å². The SMILES string of the molecule is CCNC(Cc1ccc(Cl)s1)C1CC2CCC(C1)N2C. The van der Waals surface area contributed by atoms with Gasteiger partial charge in [0.15, 0.2) is 0 Å². The molecule has 2 bridgehead atoms. The maximum absolute atomic E-state index is 6.07. The van der Waals surface area contributed by atoms with Crippen molar-refractivity contribution in [1.82, 2.24) is 10.2 Å². The molecular weight excluding hydrogens is 288 g/mol. The first kappa shape index (κ1) is 14.8. The average molecular weight is 313 g/mol. The Bertz CT molecular complexity index is 433. The van der Waals surface area contributed by atoms with Crippen LogP contribution in [0.25, 0.3) is 0 Å². The lowest BCUT2D eigenvalue weighted by Crippen LogP contribution is -2.47. The van der Waals surface area contributed by atoms with Gasteiger partial charge in [-0.05, 0) is 63.7 Å². The highest BCUT2D eigenvalue weighted by atomic mass is 35.5. The summed E-state index contributed by atoms with van der Waals surface area (Å²) >= 11 is 7.81. The minimum Gasteiger partial charge on any atom is -0.314 e. The number of hydrogen-bond donors (Lipinski definition) is 1. The molecule has 4 heteroatoms. The molecule has 1 N–H and O–H groups in total. The van der Waals surface area contributed by atoms with E-state index in [0.29, 0.717) is 6.04 Å². The third-order valence-corrected chi connectivity index (χ3v) is 6.47. The van der Waals surface area contributed by atoms with Crippen LogP contribution in [-0.4, -0.2) is 36.6 Å². The lowest BCUT2D eigenvalue weighted by atomic mass is 9.83. The second-order valence-corrected chi connectivity index (χ2v) is 8.16. The summed E-state index contributed by atoms with van der Waals surface area (Å²) in [7, 11) is 2.32. The molecule has 1 aromatic rings. The number of hydrogen-bond acceptors (Lipinski definition) is 3. The van der Waals surface area contributed by atoms with Gasteiger partial charge in [-0.1, -0.05) is 18.5 Å². The van der Waals surface area contributed by atoms with Gasteiger partial charge in [0.1, 0.15) is 0 Å². The summed E-state index contributed by atoms with van der Waals surface area (Å²) < 4.78 is 0.915. The van der Waals surface area contributed by atoms with E-state index in [1.165, 1.54) is 30.6 Å². The third kappa shape index (κ3) is 3.06.